The Morgan fingerprint density at radius 1 is 1.10 bits per heavy atom. The Kier molecular flexibility index (Phi) is 6.50. The summed E-state index contributed by atoms with van der Waals surface area (Å²) in [7, 11) is 0. The molecule has 1 aliphatic heterocycles. The summed E-state index contributed by atoms with van der Waals surface area (Å²) in [5.74, 6) is 1.25. The molecule has 1 heterocycles. The van der Waals surface area contributed by atoms with Gasteiger partial charge in [-0.05, 0) is 63.1 Å². The molecule has 0 N–H and O–H groups in total. The number of para-hydroxylation sites is 1. The van der Waals surface area contributed by atoms with E-state index in [1.54, 1.807) is 0 Å². The van der Waals surface area contributed by atoms with Crippen molar-refractivity contribution in [2.75, 3.05) is 18.2 Å². The molecule has 5 heteroatoms. The number of allylic oxidation sites excluding steroid dienone is 1. The van der Waals surface area contributed by atoms with Crippen LogP contribution in [0.25, 0.3) is 6.08 Å². The quantitative estimate of drug-likeness (QED) is 0.470. The van der Waals surface area contributed by atoms with E-state index in [1.807, 2.05) is 75.4 Å². The first-order valence-corrected chi connectivity index (χ1v) is 9.79. The summed E-state index contributed by atoms with van der Waals surface area (Å²) in [6.45, 7) is 10.6. The zero-order valence-corrected chi connectivity index (χ0v) is 17.1. The third kappa shape index (κ3) is 4.40. The predicted octanol–water partition coefficient (Wildman–Crippen LogP) is 5.02. The molecule has 0 aromatic heterocycles. The number of carbonyl (C=O) groups excluding carboxylic acids is 1. The lowest BCUT2D eigenvalue weighted by Gasteiger charge is -2.16. The van der Waals surface area contributed by atoms with E-state index in [2.05, 4.69) is 11.7 Å². The van der Waals surface area contributed by atoms with Gasteiger partial charge in [0.25, 0.3) is 5.91 Å². The second-order valence-electron chi connectivity index (χ2n) is 6.56. The average Bonchev–Trinajstić information content (AvgIpc) is 3.00. The highest BCUT2D eigenvalue weighted by Crippen LogP contribution is 2.35. The number of nitrogens with zero attached hydrogens (tertiary/aromatic N) is 2. The number of hydrogen-bond donors (Lipinski definition) is 0. The molecule has 0 unspecified atom stereocenters. The molecule has 2 aromatic carbocycles. The number of carbonyl (C=O) groups is 1. The first-order valence-electron chi connectivity index (χ1n) is 9.79. The van der Waals surface area contributed by atoms with Gasteiger partial charge in [-0.1, -0.05) is 24.3 Å². The van der Waals surface area contributed by atoms with Gasteiger partial charge in [-0.15, -0.1) is 6.58 Å². The van der Waals surface area contributed by atoms with Gasteiger partial charge in [-0.25, -0.2) is 0 Å². The van der Waals surface area contributed by atoms with E-state index in [-0.39, 0.29) is 5.91 Å². The summed E-state index contributed by atoms with van der Waals surface area (Å²) in [6.07, 6.45) is 4.33. The maximum atomic E-state index is 13.0. The number of ether oxygens (including phenoxy) is 2. The van der Waals surface area contributed by atoms with Crippen molar-refractivity contribution in [3.8, 4) is 11.5 Å². The van der Waals surface area contributed by atoms with Gasteiger partial charge < -0.3 is 9.47 Å². The summed E-state index contributed by atoms with van der Waals surface area (Å²) in [5.41, 5.74) is 3.82. The molecule has 2 aromatic rings. The summed E-state index contributed by atoms with van der Waals surface area (Å²) < 4.78 is 11.6. The predicted molar refractivity (Wildman–Crippen MR) is 118 cm³/mol. The van der Waals surface area contributed by atoms with Crippen molar-refractivity contribution >= 4 is 23.4 Å². The van der Waals surface area contributed by atoms with Crippen LogP contribution in [-0.2, 0) is 11.2 Å². The zero-order chi connectivity index (χ0) is 20.8. The van der Waals surface area contributed by atoms with Gasteiger partial charge in [0.2, 0.25) is 0 Å². The highest BCUT2D eigenvalue weighted by molar-refractivity contribution is 6.32. The molecule has 0 saturated heterocycles. The smallest absolute Gasteiger partial charge is 0.280 e. The van der Waals surface area contributed by atoms with Crippen molar-refractivity contribution in [3.05, 3.63) is 71.8 Å². The van der Waals surface area contributed by atoms with Gasteiger partial charge in [0.15, 0.2) is 11.5 Å². The lowest BCUT2D eigenvalue weighted by molar-refractivity contribution is -0.114. The molecule has 0 fully saturated rings. The molecular formula is C24H26N2O3. The van der Waals surface area contributed by atoms with Gasteiger partial charge in [-0.3, -0.25) is 4.79 Å². The Morgan fingerprint density at radius 3 is 2.48 bits per heavy atom. The van der Waals surface area contributed by atoms with Crippen molar-refractivity contribution in [3.63, 3.8) is 0 Å². The molecule has 1 amide bonds. The summed E-state index contributed by atoms with van der Waals surface area (Å²) >= 11 is 0. The van der Waals surface area contributed by atoms with E-state index in [1.165, 1.54) is 5.01 Å². The molecule has 29 heavy (non-hydrogen) atoms. The summed E-state index contributed by atoms with van der Waals surface area (Å²) in [4.78, 5) is 13.0. The third-order valence-electron chi connectivity index (χ3n) is 4.48. The lowest BCUT2D eigenvalue weighted by atomic mass is 10.0. The molecule has 5 nitrogen and oxygen atoms in total. The fraction of sp³-hybridized carbons (Fsp3) is 0.250. The van der Waals surface area contributed by atoms with Crippen molar-refractivity contribution in [2.24, 2.45) is 5.10 Å². The van der Waals surface area contributed by atoms with E-state index in [0.717, 1.165) is 22.6 Å². The first-order chi connectivity index (χ1) is 14.1. The van der Waals surface area contributed by atoms with Gasteiger partial charge in [-0.2, -0.15) is 10.1 Å². The number of amides is 1. The van der Waals surface area contributed by atoms with E-state index >= 15 is 0 Å². The Labute approximate surface area is 171 Å². The van der Waals surface area contributed by atoms with Gasteiger partial charge in [0, 0.05) is 5.56 Å². The minimum atomic E-state index is -0.147. The topological polar surface area (TPSA) is 51.1 Å². The Bertz CT molecular complexity index is 962. The van der Waals surface area contributed by atoms with Crippen LogP contribution >= 0.6 is 0 Å². The average molecular weight is 390 g/mol. The monoisotopic (exact) mass is 390 g/mol. The second kappa shape index (κ2) is 9.24. The first kappa shape index (κ1) is 20.4. The standard InChI is InChI=1S/C24H26N2O3/c1-5-11-19-14-18(16-22(28-6-2)23(19)29-7-3)15-21-17(4)25-26(24(21)27)20-12-9-8-10-13-20/h5,8-10,12-16H,1,6-7,11H2,2-4H3. The van der Waals surface area contributed by atoms with Crippen LogP contribution < -0.4 is 14.5 Å². The maximum Gasteiger partial charge on any atom is 0.280 e. The van der Waals surface area contributed by atoms with E-state index in [9.17, 15) is 4.79 Å². The molecular weight excluding hydrogens is 364 g/mol. The minimum Gasteiger partial charge on any atom is -0.490 e. The highest BCUT2D eigenvalue weighted by atomic mass is 16.5. The number of benzene rings is 2. The number of hydrazone groups is 1. The molecule has 1 aliphatic rings. The van der Waals surface area contributed by atoms with Crippen LogP contribution in [0.3, 0.4) is 0 Å². The molecule has 0 radical (unpaired) electrons. The zero-order valence-electron chi connectivity index (χ0n) is 17.1. The van der Waals surface area contributed by atoms with Gasteiger partial charge in [0.05, 0.1) is 30.2 Å². The van der Waals surface area contributed by atoms with Gasteiger partial charge >= 0.3 is 0 Å². The molecule has 0 saturated carbocycles. The molecule has 0 aliphatic carbocycles. The fourth-order valence-corrected chi connectivity index (χ4v) is 3.24. The number of rotatable bonds is 8. The van der Waals surface area contributed by atoms with Crippen LogP contribution in [-0.4, -0.2) is 24.8 Å². The SMILES string of the molecule is C=CCc1cc(C=C2C(=O)N(c3ccccc3)N=C2C)cc(OCC)c1OCC. The van der Waals surface area contributed by atoms with Crippen molar-refractivity contribution in [2.45, 2.75) is 27.2 Å². The Balaban J connectivity index is 2.02. The number of hydrogen-bond acceptors (Lipinski definition) is 4. The molecule has 0 atom stereocenters. The van der Waals surface area contributed by atoms with E-state index in [0.29, 0.717) is 36.7 Å². The normalized spacial score (nSPS) is 14.9. The Morgan fingerprint density at radius 2 is 1.83 bits per heavy atom. The van der Waals surface area contributed by atoms with Crippen LogP contribution in [0.5, 0.6) is 11.5 Å². The largest absolute Gasteiger partial charge is 0.490 e. The molecule has 0 spiro atoms. The minimum absolute atomic E-state index is 0.147. The van der Waals surface area contributed by atoms with E-state index in [4.69, 9.17) is 9.47 Å². The van der Waals surface area contributed by atoms with Gasteiger partial charge in [0.1, 0.15) is 0 Å². The van der Waals surface area contributed by atoms with Crippen LogP contribution in [0.1, 0.15) is 31.9 Å². The van der Waals surface area contributed by atoms with Crippen molar-refractivity contribution in [1.29, 1.82) is 0 Å². The number of anilines is 1. The molecule has 150 valence electrons. The van der Waals surface area contributed by atoms with Crippen molar-refractivity contribution < 1.29 is 14.3 Å². The Hall–Kier alpha value is -3.34. The fourth-order valence-electron chi connectivity index (χ4n) is 3.24. The van der Waals surface area contributed by atoms with Crippen LogP contribution in [0.15, 0.2) is 65.8 Å². The van der Waals surface area contributed by atoms with Crippen LogP contribution in [0.2, 0.25) is 0 Å². The molecule has 0 bridgehead atoms. The van der Waals surface area contributed by atoms with E-state index < -0.39 is 0 Å². The maximum absolute atomic E-state index is 13.0. The molecule has 3 rings (SSSR count). The van der Waals surface area contributed by atoms with Crippen LogP contribution in [0.4, 0.5) is 5.69 Å². The summed E-state index contributed by atoms with van der Waals surface area (Å²) in [5, 5.41) is 5.88. The second-order valence-corrected chi connectivity index (χ2v) is 6.56. The van der Waals surface area contributed by atoms with Crippen molar-refractivity contribution in [1.82, 2.24) is 0 Å². The lowest BCUT2D eigenvalue weighted by Crippen LogP contribution is -2.21. The third-order valence-corrected chi connectivity index (χ3v) is 4.48. The van der Waals surface area contributed by atoms with Crippen LogP contribution in [0, 0.1) is 0 Å². The highest BCUT2D eigenvalue weighted by Gasteiger charge is 2.28. The summed E-state index contributed by atoms with van der Waals surface area (Å²) in [6, 6.07) is 13.3.